The summed E-state index contributed by atoms with van der Waals surface area (Å²) < 4.78 is 3.04. The molecule has 0 atom stereocenters. The molecule has 0 saturated carbocycles. The highest BCUT2D eigenvalue weighted by Crippen LogP contribution is 2.14. The fourth-order valence-electron chi connectivity index (χ4n) is 1.55. The summed E-state index contributed by atoms with van der Waals surface area (Å²) in [5.74, 6) is 0.518. The van der Waals surface area contributed by atoms with E-state index in [9.17, 15) is 0 Å². The Balaban J connectivity index is 2.75. The van der Waals surface area contributed by atoms with E-state index in [-0.39, 0.29) is 0 Å². The third-order valence-corrected chi connectivity index (χ3v) is 3.08. The van der Waals surface area contributed by atoms with Gasteiger partial charge in [-0.3, -0.25) is 0 Å². The molecule has 3 nitrogen and oxygen atoms in total. The van der Waals surface area contributed by atoms with Crippen molar-refractivity contribution < 1.29 is 0 Å². The smallest absolute Gasteiger partial charge is 0.177 e. The summed E-state index contributed by atoms with van der Waals surface area (Å²) in [5.41, 5.74) is 1.30. The van der Waals surface area contributed by atoms with Crippen molar-refractivity contribution in [2.75, 3.05) is 20.1 Å². The van der Waals surface area contributed by atoms with Crippen LogP contribution in [-0.2, 0) is 6.54 Å². The number of aromatic nitrogens is 2. The van der Waals surface area contributed by atoms with Crippen molar-refractivity contribution in [2.24, 2.45) is 0 Å². The summed E-state index contributed by atoms with van der Waals surface area (Å²) in [6.45, 7) is 9.65. The third kappa shape index (κ3) is 3.18. The molecule has 1 N–H and O–H groups in total. The average molecular weight is 227 g/mol. The predicted molar refractivity (Wildman–Crippen MR) is 66.9 cm³/mol. The highest BCUT2D eigenvalue weighted by atomic mass is 32.1. The fraction of sp³-hybridized carbons (Fsp3) is 0.727. The summed E-state index contributed by atoms with van der Waals surface area (Å²) in [4.78, 5) is 5.41. The van der Waals surface area contributed by atoms with Crippen molar-refractivity contribution >= 4 is 12.2 Å². The predicted octanol–water partition coefficient (Wildman–Crippen LogP) is 2.62. The van der Waals surface area contributed by atoms with Gasteiger partial charge in [-0.05, 0) is 31.7 Å². The minimum absolute atomic E-state index is 0.518. The van der Waals surface area contributed by atoms with Gasteiger partial charge in [-0.25, -0.2) is 0 Å². The van der Waals surface area contributed by atoms with E-state index in [4.69, 9.17) is 12.2 Å². The van der Waals surface area contributed by atoms with Gasteiger partial charge in [-0.2, -0.15) is 0 Å². The van der Waals surface area contributed by atoms with Gasteiger partial charge in [0.1, 0.15) is 0 Å². The molecule has 1 rings (SSSR count). The number of nitrogens with one attached hydrogen (secondary N) is 1. The van der Waals surface area contributed by atoms with Gasteiger partial charge in [0.05, 0.1) is 0 Å². The zero-order valence-corrected chi connectivity index (χ0v) is 10.9. The van der Waals surface area contributed by atoms with E-state index in [0.717, 1.165) is 24.4 Å². The first kappa shape index (κ1) is 12.5. The molecule has 1 aromatic heterocycles. The molecule has 1 heterocycles. The molecule has 0 aliphatic heterocycles. The Morgan fingerprint density at radius 3 is 2.73 bits per heavy atom. The Kier molecular flexibility index (Phi) is 4.54. The monoisotopic (exact) mass is 227 g/mol. The Morgan fingerprint density at radius 1 is 1.53 bits per heavy atom. The summed E-state index contributed by atoms with van der Waals surface area (Å²) in [6.07, 6.45) is 2.03. The molecular formula is C11H21N3S. The van der Waals surface area contributed by atoms with Crippen molar-refractivity contribution in [2.45, 2.75) is 33.2 Å². The molecule has 0 saturated heterocycles. The normalized spacial score (nSPS) is 11.6. The first-order valence-electron chi connectivity index (χ1n) is 5.53. The Morgan fingerprint density at radius 2 is 2.20 bits per heavy atom. The standard InChI is InChI=1S/C11H21N3S/c1-5-13(4)6-7-14-10(9(2)3)8-12-11(14)15/h8-9H,5-7H2,1-4H3,(H,12,15). The van der Waals surface area contributed by atoms with Gasteiger partial charge in [0.2, 0.25) is 0 Å². The van der Waals surface area contributed by atoms with Crippen molar-refractivity contribution in [3.63, 3.8) is 0 Å². The van der Waals surface area contributed by atoms with Crippen LogP contribution in [0.5, 0.6) is 0 Å². The largest absolute Gasteiger partial charge is 0.337 e. The van der Waals surface area contributed by atoms with E-state index in [2.05, 4.69) is 42.3 Å². The molecule has 0 aromatic carbocycles. The molecular weight excluding hydrogens is 206 g/mol. The quantitative estimate of drug-likeness (QED) is 0.782. The topological polar surface area (TPSA) is 24.0 Å². The Bertz CT molecular complexity index is 351. The number of rotatable bonds is 5. The maximum Gasteiger partial charge on any atom is 0.177 e. The van der Waals surface area contributed by atoms with Crippen LogP contribution in [-0.4, -0.2) is 34.6 Å². The number of nitrogens with zero attached hydrogens (tertiary/aromatic N) is 2. The van der Waals surface area contributed by atoms with Crippen LogP contribution in [0.15, 0.2) is 6.20 Å². The number of likely N-dealkylation sites (N-methyl/N-ethyl adjacent to an activating group) is 1. The van der Waals surface area contributed by atoms with E-state index < -0.39 is 0 Å². The molecule has 1 aromatic rings. The number of hydrogen-bond acceptors (Lipinski definition) is 2. The lowest BCUT2D eigenvalue weighted by molar-refractivity contribution is 0.332. The maximum atomic E-state index is 5.27. The third-order valence-electron chi connectivity index (χ3n) is 2.74. The van der Waals surface area contributed by atoms with Crippen LogP contribution in [0.25, 0.3) is 0 Å². The zero-order chi connectivity index (χ0) is 11.4. The number of hydrogen-bond donors (Lipinski definition) is 1. The Labute approximate surface area is 97.1 Å². The van der Waals surface area contributed by atoms with E-state index >= 15 is 0 Å². The average Bonchev–Trinajstić information content (AvgIpc) is 2.56. The van der Waals surface area contributed by atoms with Gasteiger partial charge in [0.25, 0.3) is 0 Å². The second-order valence-electron chi connectivity index (χ2n) is 4.22. The first-order valence-corrected chi connectivity index (χ1v) is 5.93. The number of imidazole rings is 1. The second kappa shape index (κ2) is 5.47. The minimum Gasteiger partial charge on any atom is -0.337 e. The second-order valence-corrected chi connectivity index (χ2v) is 4.61. The van der Waals surface area contributed by atoms with Crippen molar-refractivity contribution in [3.05, 3.63) is 16.7 Å². The molecule has 15 heavy (non-hydrogen) atoms. The summed E-state index contributed by atoms with van der Waals surface area (Å²) in [5, 5.41) is 0. The van der Waals surface area contributed by atoms with Crippen molar-refractivity contribution in [3.8, 4) is 0 Å². The van der Waals surface area contributed by atoms with Crippen LogP contribution in [0.1, 0.15) is 32.4 Å². The van der Waals surface area contributed by atoms with Gasteiger partial charge < -0.3 is 14.5 Å². The van der Waals surface area contributed by atoms with E-state index in [1.165, 1.54) is 5.69 Å². The van der Waals surface area contributed by atoms with Gasteiger partial charge in [0.15, 0.2) is 4.77 Å². The minimum atomic E-state index is 0.518. The van der Waals surface area contributed by atoms with Crippen LogP contribution in [0, 0.1) is 4.77 Å². The summed E-state index contributed by atoms with van der Waals surface area (Å²) in [6, 6.07) is 0. The highest BCUT2D eigenvalue weighted by molar-refractivity contribution is 7.71. The van der Waals surface area contributed by atoms with Gasteiger partial charge in [-0.1, -0.05) is 20.8 Å². The van der Waals surface area contributed by atoms with Gasteiger partial charge in [0, 0.05) is 25.0 Å². The number of H-pyrrole nitrogens is 1. The first-order chi connectivity index (χ1) is 7.06. The lowest BCUT2D eigenvalue weighted by Crippen LogP contribution is -2.23. The molecule has 0 unspecified atom stereocenters. The van der Waals surface area contributed by atoms with Crippen LogP contribution in [0.2, 0.25) is 0 Å². The molecule has 0 fully saturated rings. The summed E-state index contributed by atoms with van der Waals surface area (Å²) >= 11 is 5.27. The molecule has 86 valence electrons. The van der Waals surface area contributed by atoms with Crippen molar-refractivity contribution in [1.82, 2.24) is 14.5 Å². The fourth-order valence-corrected chi connectivity index (χ4v) is 1.80. The van der Waals surface area contributed by atoms with E-state index in [1.54, 1.807) is 0 Å². The van der Waals surface area contributed by atoms with Crippen LogP contribution < -0.4 is 0 Å². The summed E-state index contributed by atoms with van der Waals surface area (Å²) in [7, 11) is 2.13. The van der Waals surface area contributed by atoms with Crippen LogP contribution in [0.4, 0.5) is 0 Å². The zero-order valence-electron chi connectivity index (χ0n) is 10.1. The molecule has 0 spiro atoms. The lowest BCUT2D eigenvalue weighted by Gasteiger charge is -2.16. The maximum absolute atomic E-state index is 5.27. The SMILES string of the molecule is CCN(C)CCn1c(C(C)C)c[nH]c1=S. The van der Waals surface area contributed by atoms with Crippen LogP contribution >= 0.6 is 12.2 Å². The molecule has 0 bridgehead atoms. The lowest BCUT2D eigenvalue weighted by atomic mass is 10.1. The van der Waals surface area contributed by atoms with Crippen LogP contribution in [0.3, 0.4) is 0 Å². The van der Waals surface area contributed by atoms with E-state index in [0.29, 0.717) is 5.92 Å². The highest BCUT2D eigenvalue weighted by Gasteiger charge is 2.07. The van der Waals surface area contributed by atoms with E-state index in [1.807, 2.05) is 6.20 Å². The molecule has 0 aliphatic carbocycles. The van der Waals surface area contributed by atoms with Crippen molar-refractivity contribution in [1.29, 1.82) is 0 Å². The molecule has 0 amide bonds. The molecule has 0 radical (unpaired) electrons. The molecule has 4 heteroatoms. The Hall–Kier alpha value is -0.610. The van der Waals surface area contributed by atoms with Gasteiger partial charge >= 0.3 is 0 Å². The van der Waals surface area contributed by atoms with Gasteiger partial charge in [-0.15, -0.1) is 0 Å². The number of aromatic amines is 1. The molecule has 0 aliphatic rings.